The first kappa shape index (κ1) is 16.7. The lowest BCUT2D eigenvalue weighted by Gasteiger charge is -2.23. The summed E-state index contributed by atoms with van der Waals surface area (Å²) in [6, 6.07) is 1.37. The first-order chi connectivity index (χ1) is 9.54. The molecule has 0 radical (unpaired) electrons. The van der Waals surface area contributed by atoms with Crippen molar-refractivity contribution >= 4 is 41.5 Å². The SMILES string of the molecule is CN(C1CCS(=O)(=O)C1)S(=O)(=O)c1cc(N)c(F)cc1Br. The Morgan fingerprint density at radius 3 is 2.57 bits per heavy atom. The molecule has 1 fully saturated rings. The smallest absolute Gasteiger partial charge is 0.244 e. The number of benzene rings is 1. The number of hydrogen-bond donors (Lipinski definition) is 1. The Morgan fingerprint density at radius 1 is 1.43 bits per heavy atom. The van der Waals surface area contributed by atoms with Gasteiger partial charge in [0.15, 0.2) is 9.84 Å². The standard InChI is InChI=1S/C11H14BrFN2O4S2/c1-15(7-2-3-20(16,17)6-7)21(18,19)11-5-10(14)9(13)4-8(11)12/h4-5,7H,2-3,6,14H2,1H3. The molecule has 6 nitrogen and oxygen atoms in total. The maximum Gasteiger partial charge on any atom is 0.244 e. The van der Waals surface area contributed by atoms with E-state index in [0.717, 1.165) is 16.4 Å². The van der Waals surface area contributed by atoms with Gasteiger partial charge in [-0.1, -0.05) is 0 Å². The van der Waals surface area contributed by atoms with Gasteiger partial charge in [-0.2, -0.15) is 4.31 Å². The van der Waals surface area contributed by atoms with E-state index < -0.39 is 31.7 Å². The normalized spacial score (nSPS) is 21.8. The number of halogens is 2. The molecule has 118 valence electrons. The number of rotatable bonds is 3. The highest BCUT2D eigenvalue weighted by molar-refractivity contribution is 9.10. The number of nitrogen functional groups attached to an aromatic ring is 1. The second kappa shape index (κ2) is 5.49. The van der Waals surface area contributed by atoms with Crippen molar-refractivity contribution in [3.8, 4) is 0 Å². The summed E-state index contributed by atoms with van der Waals surface area (Å²) in [5.41, 5.74) is 5.12. The first-order valence-corrected chi connectivity index (χ1v) is 10.0. The molecular weight excluding hydrogens is 387 g/mol. The molecule has 0 aliphatic carbocycles. The van der Waals surface area contributed by atoms with E-state index in [1.807, 2.05) is 0 Å². The van der Waals surface area contributed by atoms with Crippen LogP contribution in [0.5, 0.6) is 0 Å². The van der Waals surface area contributed by atoms with Crippen molar-refractivity contribution in [1.29, 1.82) is 0 Å². The molecule has 0 amide bonds. The van der Waals surface area contributed by atoms with E-state index in [0.29, 0.717) is 0 Å². The summed E-state index contributed by atoms with van der Waals surface area (Å²) in [5.74, 6) is -0.978. The van der Waals surface area contributed by atoms with Gasteiger partial charge < -0.3 is 5.73 Å². The summed E-state index contributed by atoms with van der Waals surface area (Å²) in [5, 5.41) is 0. The van der Waals surface area contributed by atoms with Gasteiger partial charge in [-0.3, -0.25) is 0 Å². The van der Waals surface area contributed by atoms with E-state index >= 15 is 0 Å². The molecule has 1 aliphatic heterocycles. The average molecular weight is 401 g/mol. The van der Waals surface area contributed by atoms with Crippen LogP contribution in [0.3, 0.4) is 0 Å². The van der Waals surface area contributed by atoms with Gasteiger partial charge in [0.2, 0.25) is 10.0 Å². The Labute approximate surface area is 131 Å². The third-order valence-electron chi connectivity index (χ3n) is 3.43. The van der Waals surface area contributed by atoms with Gasteiger partial charge in [-0.05, 0) is 34.5 Å². The molecule has 2 rings (SSSR count). The van der Waals surface area contributed by atoms with Crippen LogP contribution in [0.4, 0.5) is 10.1 Å². The highest BCUT2D eigenvalue weighted by Crippen LogP contribution is 2.31. The van der Waals surface area contributed by atoms with Crippen LogP contribution in [0.15, 0.2) is 21.5 Å². The Hall–Kier alpha value is -0.710. The summed E-state index contributed by atoms with van der Waals surface area (Å²) in [6.07, 6.45) is 0.242. The third kappa shape index (κ3) is 3.22. The van der Waals surface area contributed by atoms with E-state index in [2.05, 4.69) is 15.9 Å². The zero-order valence-corrected chi connectivity index (χ0v) is 14.3. The van der Waals surface area contributed by atoms with E-state index in [-0.39, 0.29) is 33.0 Å². The van der Waals surface area contributed by atoms with E-state index in [4.69, 9.17) is 5.73 Å². The number of sulfone groups is 1. The van der Waals surface area contributed by atoms with Gasteiger partial charge in [-0.15, -0.1) is 0 Å². The maximum atomic E-state index is 13.3. The largest absolute Gasteiger partial charge is 0.396 e. The van der Waals surface area contributed by atoms with Crippen LogP contribution in [0.25, 0.3) is 0 Å². The zero-order valence-electron chi connectivity index (χ0n) is 11.1. The van der Waals surface area contributed by atoms with Gasteiger partial charge in [0.1, 0.15) is 5.82 Å². The fourth-order valence-corrected chi connectivity index (χ4v) is 6.42. The van der Waals surface area contributed by atoms with Crippen molar-refractivity contribution in [3.63, 3.8) is 0 Å². The van der Waals surface area contributed by atoms with Crippen molar-refractivity contribution in [1.82, 2.24) is 4.31 Å². The van der Waals surface area contributed by atoms with Crippen LogP contribution < -0.4 is 5.73 Å². The van der Waals surface area contributed by atoms with Gasteiger partial charge in [0, 0.05) is 17.6 Å². The number of nitrogens with two attached hydrogens (primary N) is 1. The molecular formula is C11H14BrFN2O4S2. The zero-order chi connectivity index (χ0) is 16.0. The lowest BCUT2D eigenvalue weighted by Crippen LogP contribution is -2.38. The second-order valence-corrected chi connectivity index (χ2v) is 9.93. The molecule has 2 N–H and O–H groups in total. The Morgan fingerprint density at radius 2 is 2.05 bits per heavy atom. The molecule has 1 aliphatic rings. The molecule has 0 bridgehead atoms. The molecule has 1 aromatic carbocycles. The number of anilines is 1. The maximum absolute atomic E-state index is 13.3. The lowest BCUT2D eigenvalue weighted by molar-refractivity contribution is 0.393. The molecule has 1 heterocycles. The predicted molar refractivity (Wildman–Crippen MR) is 80.5 cm³/mol. The second-order valence-electron chi connectivity index (χ2n) is 4.88. The fraction of sp³-hybridized carbons (Fsp3) is 0.455. The van der Waals surface area contributed by atoms with Crippen LogP contribution >= 0.6 is 15.9 Å². The van der Waals surface area contributed by atoms with Crippen molar-refractivity contribution in [2.75, 3.05) is 24.3 Å². The third-order valence-corrected chi connectivity index (χ3v) is 8.05. The van der Waals surface area contributed by atoms with E-state index in [9.17, 15) is 21.2 Å². The van der Waals surface area contributed by atoms with E-state index in [1.165, 1.54) is 7.05 Å². The first-order valence-electron chi connectivity index (χ1n) is 5.97. The summed E-state index contributed by atoms with van der Waals surface area (Å²) in [4.78, 5) is -0.187. The summed E-state index contributed by atoms with van der Waals surface area (Å²) < 4.78 is 62.4. The minimum Gasteiger partial charge on any atom is -0.396 e. The number of nitrogens with zero attached hydrogens (tertiary/aromatic N) is 1. The predicted octanol–water partition coefficient (Wildman–Crippen LogP) is 0.978. The van der Waals surface area contributed by atoms with Gasteiger partial charge >= 0.3 is 0 Å². The van der Waals surface area contributed by atoms with Crippen molar-refractivity contribution in [2.24, 2.45) is 0 Å². The van der Waals surface area contributed by atoms with Crippen LogP contribution in [0.2, 0.25) is 0 Å². The highest BCUT2D eigenvalue weighted by atomic mass is 79.9. The molecule has 10 heteroatoms. The van der Waals surface area contributed by atoms with E-state index in [1.54, 1.807) is 0 Å². The van der Waals surface area contributed by atoms with Crippen LogP contribution in [0, 0.1) is 5.82 Å². The van der Waals surface area contributed by atoms with Crippen LogP contribution in [-0.4, -0.2) is 45.7 Å². The highest BCUT2D eigenvalue weighted by Gasteiger charge is 2.37. The minimum absolute atomic E-state index is 0.0374. The van der Waals surface area contributed by atoms with Crippen LogP contribution in [0.1, 0.15) is 6.42 Å². The molecule has 0 spiro atoms. The molecule has 1 atom stereocenters. The van der Waals surface area contributed by atoms with Gasteiger partial charge in [0.05, 0.1) is 22.1 Å². The van der Waals surface area contributed by atoms with Gasteiger partial charge in [0.25, 0.3) is 0 Å². The molecule has 1 aromatic rings. The molecule has 1 saturated heterocycles. The lowest BCUT2D eigenvalue weighted by atomic mass is 10.3. The minimum atomic E-state index is -3.97. The average Bonchev–Trinajstić information content (AvgIpc) is 2.73. The molecule has 0 aromatic heterocycles. The molecule has 0 saturated carbocycles. The molecule has 21 heavy (non-hydrogen) atoms. The Kier molecular flexibility index (Phi) is 4.35. The Balaban J connectivity index is 2.41. The number of sulfonamides is 1. The molecule has 1 unspecified atom stereocenters. The van der Waals surface area contributed by atoms with Crippen molar-refractivity contribution < 1.29 is 21.2 Å². The summed E-state index contributed by atoms with van der Waals surface area (Å²) in [6.45, 7) is 0. The summed E-state index contributed by atoms with van der Waals surface area (Å²) >= 11 is 3.00. The van der Waals surface area contributed by atoms with Gasteiger partial charge in [-0.25, -0.2) is 21.2 Å². The summed E-state index contributed by atoms with van der Waals surface area (Å²) in [7, 11) is -5.87. The number of hydrogen-bond acceptors (Lipinski definition) is 5. The fourth-order valence-electron chi connectivity index (χ4n) is 2.16. The monoisotopic (exact) mass is 400 g/mol. The van der Waals surface area contributed by atoms with Crippen molar-refractivity contribution in [2.45, 2.75) is 17.4 Å². The topological polar surface area (TPSA) is 97.5 Å². The Bertz CT molecular complexity index is 780. The van der Waals surface area contributed by atoms with Crippen LogP contribution in [-0.2, 0) is 19.9 Å². The van der Waals surface area contributed by atoms with Crippen molar-refractivity contribution in [3.05, 3.63) is 22.4 Å². The quantitative estimate of drug-likeness (QED) is 0.762.